The van der Waals surface area contributed by atoms with Crippen molar-refractivity contribution in [2.45, 2.75) is 6.54 Å². The smallest absolute Gasteiger partial charge is 0.184 e. The van der Waals surface area contributed by atoms with E-state index in [2.05, 4.69) is 32.5 Å². The molecule has 27 heavy (non-hydrogen) atoms. The summed E-state index contributed by atoms with van der Waals surface area (Å²) in [6.07, 6.45) is 1.48. The van der Waals surface area contributed by atoms with Gasteiger partial charge >= 0.3 is 0 Å². The van der Waals surface area contributed by atoms with Crippen LogP contribution in [-0.4, -0.2) is 42.4 Å². The van der Waals surface area contributed by atoms with Gasteiger partial charge in [-0.05, 0) is 41.5 Å². The zero-order chi connectivity index (χ0) is 19.2. The van der Waals surface area contributed by atoms with Gasteiger partial charge < -0.3 is 10.6 Å². The summed E-state index contributed by atoms with van der Waals surface area (Å²) in [4.78, 5) is 4.39. The highest BCUT2D eigenvalue weighted by molar-refractivity contribution is 7.80. The Morgan fingerprint density at radius 3 is 2.63 bits per heavy atom. The molecule has 1 saturated heterocycles. The van der Waals surface area contributed by atoms with Crippen molar-refractivity contribution >= 4 is 40.8 Å². The summed E-state index contributed by atoms with van der Waals surface area (Å²) in [7, 11) is 0. The monoisotopic (exact) mass is 405 g/mol. The molecule has 1 aliphatic rings. The standard InChI is InChI=1S/C19H21ClFN5S/c20-16-4-2-1-3-15(16)13-25-7-9-26(10-8-25)18-6-5-14(11-17(18)21)12-23-24-19(22)27/h1-6,11-12H,7-10,13H2,(H3,22,24,27). The lowest BCUT2D eigenvalue weighted by atomic mass is 10.1. The average Bonchev–Trinajstić information content (AvgIpc) is 2.64. The van der Waals surface area contributed by atoms with E-state index in [0.717, 1.165) is 43.3 Å². The van der Waals surface area contributed by atoms with E-state index in [1.54, 1.807) is 6.07 Å². The first-order chi connectivity index (χ1) is 13.0. The number of thiocarbonyl (C=S) groups is 1. The molecule has 0 atom stereocenters. The summed E-state index contributed by atoms with van der Waals surface area (Å²) >= 11 is 10.9. The van der Waals surface area contributed by atoms with Crippen LogP contribution in [0, 0.1) is 5.82 Å². The molecule has 142 valence electrons. The largest absolute Gasteiger partial charge is 0.375 e. The van der Waals surface area contributed by atoms with Crippen molar-refractivity contribution < 1.29 is 4.39 Å². The van der Waals surface area contributed by atoms with E-state index in [9.17, 15) is 4.39 Å². The number of halogens is 2. The number of nitrogens with zero attached hydrogens (tertiary/aromatic N) is 3. The van der Waals surface area contributed by atoms with E-state index >= 15 is 0 Å². The van der Waals surface area contributed by atoms with Crippen LogP contribution in [-0.2, 0) is 6.54 Å². The van der Waals surface area contributed by atoms with Crippen molar-refractivity contribution in [3.8, 4) is 0 Å². The average molecular weight is 406 g/mol. The van der Waals surface area contributed by atoms with E-state index in [1.165, 1.54) is 12.3 Å². The first kappa shape index (κ1) is 19.5. The molecule has 0 amide bonds. The van der Waals surface area contributed by atoms with Crippen LogP contribution in [0.3, 0.4) is 0 Å². The van der Waals surface area contributed by atoms with Crippen LogP contribution in [0.15, 0.2) is 47.6 Å². The van der Waals surface area contributed by atoms with Crippen molar-refractivity contribution in [2.24, 2.45) is 10.8 Å². The SMILES string of the molecule is NC(=S)NN=Cc1ccc(N2CCN(Cc3ccccc3Cl)CC2)c(F)c1. The topological polar surface area (TPSA) is 56.9 Å². The number of nitrogens with two attached hydrogens (primary N) is 1. The molecule has 5 nitrogen and oxygen atoms in total. The zero-order valence-corrected chi connectivity index (χ0v) is 16.3. The minimum atomic E-state index is -0.270. The Morgan fingerprint density at radius 2 is 1.96 bits per heavy atom. The van der Waals surface area contributed by atoms with Crippen molar-refractivity contribution in [2.75, 3.05) is 31.1 Å². The van der Waals surface area contributed by atoms with Crippen LogP contribution in [0.1, 0.15) is 11.1 Å². The zero-order valence-electron chi connectivity index (χ0n) is 14.7. The second kappa shape index (κ2) is 9.12. The van der Waals surface area contributed by atoms with Gasteiger partial charge in [0.15, 0.2) is 5.11 Å². The van der Waals surface area contributed by atoms with Crippen molar-refractivity contribution in [1.82, 2.24) is 10.3 Å². The fourth-order valence-electron chi connectivity index (χ4n) is 3.04. The summed E-state index contributed by atoms with van der Waals surface area (Å²) in [5, 5.41) is 4.70. The summed E-state index contributed by atoms with van der Waals surface area (Å²) in [5.74, 6) is -0.270. The van der Waals surface area contributed by atoms with E-state index in [1.807, 2.05) is 30.3 Å². The lowest BCUT2D eigenvalue weighted by Crippen LogP contribution is -2.46. The number of hydrogen-bond donors (Lipinski definition) is 2. The van der Waals surface area contributed by atoms with Crippen molar-refractivity contribution in [1.29, 1.82) is 0 Å². The minimum Gasteiger partial charge on any atom is -0.375 e. The van der Waals surface area contributed by atoms with E-state index in [0.29, 0.717) is 11.3 Å². The van der Waals surface area contributed by atoms with Crippen LogP contribution in [0.2, 0.25) is 5.02 Å². The lowest BCUT2D eigenvalue weighted by molar-refractivity contribution is 0.249. The number of hydrazone groups is 1. The Balaban J connectivity index is 1.58. The molecule has 0 saturated carbocycles. The van der Waals surface area contributed by atoms with Gasteiger partial charge in [0.2, 0.25) is 0 Å². The molecule has 0 aliphatic carbocycles. The summed E-state index contributed by atoms with van der Waals surface area (Å²) in [6.45, 7) is 4.04. The number of hydrogen-bond acceptors (Lipinski definition) is 4. The fraction of sp³-hybridized carbons (Fsp3) is 0.263. The molecule has 2 aromatic carbocycles. The maximum absolute atomic E-state index is 14.5. The molecule has 1 fully saturated rings. The van der Waals surface area contributed by atoms with E-state index in [4.69, 9.17) is 17.3 Å². The fourth-order valence-corrected chi connectivity index (χ4v) is 3.29. The first-order valence-corrected chi connectivity index (χ1v) is 9.40. The van der Waals surface area contributed by atoms with Crippen molar-refractivity contribution in [3.05, 3.63) is 64.4 Å². The molecule has 8 heteroatoms. The highest BCUT2D eigenvalue weighted by Crippen LogP contribution is 2.23. The first-order valence-electron chi connectivity index (χ1n) is 8.61. The highest BCUT2D eigenvalue weighted by atomic mass is 35.5. The van der Waals surface area contributed by atoms with Crippen LogP contribution in [0.4, 0.5) is 10.1 Å². The lowest BCUT2D eigenvalue weighted by Gasteiger charge is -2.36. The highest BCUT2D eigenvalue weighted by Gasteiger charge is 2.20. The van der Waals surface area contributed by atoms with Gasteiger partial charge in [-0.15, -0.1) is 0 Å². The Labute approximate surface area is 168 Å². The second-order valence-electron chi connectivity index (χ2n) is 6.30. The van der Waals surface area contributed by atoms with Gasteiger partial charge in [0, 0.05) is 37.7 Å². The van der Waals surface area contributed by atoms with Crippen molar-refractivity contribution in [3.63, 3.8) is 0 Å². The number of nitrogens with one attached hydrogen (secondary N) is 1. The summed E-state index contributed by atoms with van der Waals surface area (Å²) in [6, 6.07) is 12.9. The maximum atomic E-state index is 14.5. The Kier molecular flexibility index (Phi) is 6.60. The molecule has 0 spiro atoms. The third-order valence-corrected chi connectivity index (χ3v) is 4.88. The number of benzene rings is 2. The Morgan fingerprint density at radius 1 is 1.22 bits per heavy atom. The molecule has 3 rings (SSSR count). The quantitative estimate of drug-likeness (QED) is 0.455. The molecular weight excluding hydrogens is 385 g/mol. The molecule has 3 N–H and O–H groups in total. The summed E-state index contributed by atoms with van der Waals surface area (Å²) in [5.41, 5.74) is 10.1. The third kappa shape index (κ3) is 5.38. The Hall–Kier alpha value is -2.22. The number of piperazine rings is 1. The maximum Gasteiger partial charge on any atom is 0.184 e. The van der Waals surface area contributed by atoms with Crippen LogP contribution in [0.5, 0.6) is 0 Å². The van der Waals surface area contributed by atoms with Gasteiger partial charge in [0.1, 0.15) is 5.82 Å². The normalized spacial score (nSPS) is 15.3. The minimum absolute atomic E-state index is 0.0676. The molecule has 0 bridgehead atoms. The summed E-state index contributed by atoms with van der Waals surface area (Å²) < 4.78 is 14.5. The van der Waals surface area contributed by atoms with Crippen LogP contribution >= 0.6 is 23.8 Å². The molecule has 0 radical (unpaired) electrons. The number of rotatable bonds is 5. The number of anilines is 1. The molecule has 0 unspecified atom stereocenters. The predicted octanol–water partition coefficient (Wildman–Crippen LogP) is 2.97. The molecule has 0 aromatic heterocycles. The molecule has 2 aromatic rings. The van der Waals surface area contributed by atoms with Crippen LogP contribution in [0.25, 0.3) is 0 Å². The van der Waals surface area contributed by atoms with Gasteiger partial charge in [-0.3, -0.25) is 10.3 Å². The second-order valence-corrected chi connectivity index (χ2v) is 7.15. The van der Waals surface area contributed by atoms with Gasteiger partial charge in [-0.2, -0.15) is 5.10 Å². The van der Waals surface area contributed by atoms with Gasteiger partial charge in [-0.25, -0.2) is 4.39 Å². The van der Waals surface area contributed by atoms with Gasteiger partial charge in [-0.1, -0.05) is 35.9 Å². The molecule has 1 heterocycles. The van der Waals surface area contributed by atoms with Gasteiger partial charge in [0.25, 0.3) is 0 Å². The molecule has 1 aliphatic heterocycles. The van der Waals surface area contributed by atoms with Crippen LogP contribution < -0.4 is 16.1 Å². The third-order valence-electron chi connectivity index (χ3n) is 4.42. The van der Waals surface area contributed by atoms with E-state index < -0.39 is 0 Å². The Bertz CT molecular complexity index is 837. The predicted molar refractivity (Wildman–Crippen MR) is 113 cm³/mol. The van der Waals surface area contributed by atoms with E-state index in [-0.39, 0.29) is 10.9 Å². The van der Waals surface area contributed by atoms with Gasteiger partial charge in [0.05, 0.1) is 11.9 Å². The molecular formula is C19H21ClFN5S.